The van der Waals surface area contributed by atoms with Crippen LogP contribution in [0.4, 0.5) is 0 Å². The Balaban J connectivity index is 2.15. The maximum absolute atomic E-state index is 11.7. The van der Waals surface area contributed by atoms with Crippen LogP contribution in [0.2, 0.25) is 0 Å². The van der Waals surface area contributed by atoms with Crippen LogP contribution in [0.25, 0.3) is 10.9 Å². The van der Waals surface area contributed by atoms with E-state index in [2.05, 4.69) is 9.97 Å². The largest absolute Gasteiger partial charge is 0.394 e. The van der Waals surface area contributed by atoms with Crippen molar-refractivity contribution in [3.63, 3.8) is 0 Å². The van der Waals surface area contributed by atoms with Crippen LogP contribution >= 0.6 is 11.3 Å². The van der Waals surface area contributed by atoms with Crippen molar-refractivity contribution in [3.05, 3.63) is 26.9 Å². The minimum absolute atomic E-state index is 0.271. The summed E-state index contributed by atoms with van der Waals surface area (Å²) in [5.41, 5.74) is -1.04. The Hall–Kier alpha value is -1.32. The van der Waals surface area contributed by atoms with Crippen molar-refractivity contribution >= 4 is 22.2 Å². The van der Waals surface area contributed by atoms with Gasteiger partial charge in [0.1, 0.15) is 23.9 Å². The highest BCUT2D eigenvalue weighted by molar-refractivity contribution is 7.11. The Labute approximate surface area is 117 Å². The number of ether oxygens (including phenoxy) is 1. The summed E-state index contributed by atoms with van der Waals surface area (Å²) < 4.78 is 5.62. The van der Waals surface area contributed by atoms with Crippen molar-refractivity contribution in [1.29, 1.82) is 0 Å². The average Bonchev–Trinajstić information content (AvgIpc) is 2.96. The van der Waals surface area contributed by atoms with Crippen LogP contribution < -0.4 is 5.56 Å². The summed E-state index contributed by atoms with van der Waals surface area (Å²) in [6.07, 6.45) is -1.98. The third-order valence-corrected chi connectivity index (χ3v) is 4.88. The minimum atomic E-state index is -1.21. The first kappa shape index (κ1) is 13.7. The van der Waals surface area contributed by atoms with E-state index in [0.717, 1.165) is 0 Å². The molecule has 0 aliphatic carbocycles. The number of fused-ring (bicyclic) bond motifs is 1. The number of rotatable bonds is 2. The van der Waals surface area contributed by atoms with E-state index >= 15 is 0 Å². The predicted octanol–water partition coefficient (Wildman–Crippen LogP) is -0.687. The molecule has 2 aromatic rings. The summed E-state index contributed by atoms with van der Waals surface area (Å²) >= 11 is 1.23. The molecule has 8 heteroatoms. The van der Waals surface area contributed by atoms with Crippen LogP contribution in [0, 0.1) is 0 Å². The Bertz CT molecular complexity index is 698. The molecule has 7 nitrogen and oxygen atoms in total. The normalized spacial score (nSPS) is 33.9. The van der Waals surface area contributed by atoms with E-state index in [1.807, 2.05) is 0 Å². The molecule has 4 unspecified atom stereocenters. The monoisotopic (exact) mass is 298 g/mol. The number of aromatic amines is 1. The standard InChI is InChI=1S/C12H14N2O5S/c1-12(9(17)8(16)6(2-15)19-12)10-7-5(3-20-10)11(18)14-4-13-7/h3-4,6,8-9,15-17H,2H2,1H3,(H,13,14,18). The molecule has 0 amide bonds. The number of hydrogen-bond acceptors (Lipinski definition) is 7. The maximum Gasteiger partial charge on any atom is 0.259 e. The molecule has 4 N–H and O–H groups in total. The van der Waals surface area contributed by atoms with E-state index < -0.39 is 30.5 Å². The van der Waals surface area contributed by atoms with Crippen molar-refractivity contribution in [3.8, 4) is 0 Å². The highest BCUT2D eigenvalue weighted by Gasteiger charge is 2.53. The van der Waals surface area contributed by atoms with Gasteiger partial charge in [-0.3, -0.25) is 4.79 Å². The predicted molar refractivity (Wildman–Crippen MR) is 71.6 cm³/mol. The zero-order chi connectivity index (χ0) is 14.5. The summed E-state index contributed by atoms with van der Waals surface area (Å²) in [6, 6.07) is 0. The second-order valence-electron chi connectivity index (χ2n) is 4.94. The first-order valence-electron chi connectivity index (χ1n) is 6.09. The molecule has 1 saturated heterocycles. The molecule has 2 aromatic heterocycles. The first-order valence-corrected chi connectivity index (χ1v) is 6.97. The number of aliphatic hydroxyl groups excluding tert-OH is 3. The number of aromatic nitrogens is 2. The SMILES string of the molecule is CC1(c2scc3c(=O)[nH]cnc23)OC(CO)C(O)C1O. The molecule has 1 aliphatic heterocycles. The molecule has 0 aromatic carbocycles. The Morgan fingerprint density at radius 1 is 1.55 bits per heavy atom. The van der Waals surface area contributed by atoms with Crippen LogP contribution in [0.1, 0.15) is 11.8 Å². The highest BCUT2D eigenvalue weighted by atomic mass is 32.1. The van der Waals surface area contributed by atoms with E-state index in [0.29, 0.717) is 15.8 Å². The lowest BCUT2D eigenvalue weighted by atomic mass is 9.94. The summed E-state index contributed by atoms with van der Waals surface area (Å²) in [7, 11) is 0. The molecule has 1 fully saturated rings. The van der Waals surface area contributed by atoms with Crippen molar-refractivity contribution in [2.24, 2.45) is 0 Å². The summed E-state index contributed by atoms with van der Waals surface area (Å²) in [6.45, 7) is 1.22. The molecule has 0 spiro atoms. The zero-order valence-electron chi connectivity index (χ0n) is 10.6. The van der Waals surface area contributed by atoms with Crippen LogP contribution in [0.5, 0.6) is 0 Å². The van der Waals surface area contributed by atoms with Gasteiger partial charge in [0, 0.05) is 5.38 Å². The van der Waals surface area contributed by atoms with E-state index in [1.54, 1.807) is 12.3 Å². The van der Waals surface area contributed by atoms with Crippen molar-refractivity contribution in [1.82, 2.24) is 9.97 Å². The van der Waals surface area contributed by atoms with Crippen LogP contribution in [0.3, 0.4) is 0 Å². The Kier molecular flexibility index (Phi) is 3.14. The fraction of sp³-hybridized carbons (Fsp3) is 0.500. The lowest BCUT2D eigenvalue weighted by Crippen LogP contribution is -2.38. The third kappa shape index (κ3) is 1.73. The van der Waals surface area contributed by atoms with E-state index in [9.17, 15) is 20.1 Å². The van der Waals surface area contributed by atoms with Gasteiger partial charge in [0.05, 0.1) is 28.7 Å². The smallest absolute Gasteiger partial charge is 0.259 e. The van der Waals surface area contributed by atoms with Crippen molar-refractivity contribution < 1.29 is 20.1 Å². The van der Waals surface area contributed by atoms with E-state index in [-0.39, 0.29) is 5.56 Å². The highest BCUT2D eigenvalue weighted by Crippen LogP contribution is 2.44. The van der Waals surface area contributed by atoms with Gasteiger partial charge >= 0.3 is 0 Å². The minimum Gasteiger partial charge on any atom is -0.394 e. The lowest BCUT2D eigenvalue weighted by Gasteiger charge is -2.26. The molecule has 20 heavy (non-hydrogen) atoms. The number of thiophene rings is 1. The number of hydrogen-bond donors (Lipinski definition) is 4. The maximum atomic E-state index is 11.7. The van der Waals surface area contributed by atoms with Gasteiger partial charge in [-0.2, -0.15) is 0 Å². The van der Waals surface area contributed by atoms with Crippen LogP contribution in [-0.2, 0) is 10.3 Å². The molecule has 0 radical (unpaired) electrons. The van der Waals surface area contributed by atoms with Gasteiger partial charge in [-0.25, -0.2) is 4.98 Å². The third-order valence-electron chi connectivity index (χ3n) is 3.69. The van der Waals surface area contributed by atoms with Crippen molar-refractivity contribution in [2.45, 2.75) is 30.8 Å². The van der Waals surface area contributed by atoms with Gasteiger partial charge < -0.3 is 25.0 Å². The summed E-state index contributed by atoms with van der Waals surface area (Å²) in [5, 5.41) is 31.3. The lowest BCUT2D eigenvalue weighted by molar-refractivity contribution is -0.0828. The summed E-state index contributed by atoms with van der Waals surface area (Å²) in [4.78, 5) is 18.9. The molecule has 3 rings (SSSR count). The van der Waals surface area contributed by atoms with Gasteiger partial charge in [0.2, 0.25) is 0 Å². The number of nitrogens with one attached hydrogen (secondary N) is 1. The molecule has 3 heterocycles. The average molecular weight is 298 g/mol. The quantitative estimate of drug-likeness (QED) is 0.583. The molecular formula is C12H14N2O5S. The summed E-state index contributed by atoms with van der Waals surface area (Å²) in [5.74, 6) is 0. The van der Waals surface area contributed by atoms with Crippen LogP contribution in [0.15, 0.2) is 16.5 Å². The molecule has 0 saturated carbocycles. The molecule has 4 atom stereocenters. The number of aliphatic hydroxyl groups is 3. The van der Waals surface area contributed by atoms with Gasteiger partial charge in [0.15, 0.2) is 0 Å². The van der Waals surface area contributed by atoms with E-state index in [1.165, 1.54) is 17.7 Å². The number of nitrogens with zero attached hydrogens (tertiary/aromatic N) is 1. The van der Waals surface area contributed by atoms with Gasteiger partial charge in [-0.05, 0) is 6.92 Å². The Morgan fingerprint density at radius 2 is 2.30 bits per heavy atom. The Morgan fingerprint density at radius 3 is 2.95 bits per heavy atom. The fourth-order valence-electron chi connectivity index (χ4n) is 2.54. The molecule has 1 aliphatic rings. The second-order valence-corrected chi connectivity index (χ2v) is 5.82. The second kappa shape index (κ2) is 4.61. The molecule has 0 bridgehead atoms. The van der Waals surface area contributed by atoms with Crippen molar-refractivity contribution in [2.75, 3.05) is 6.61 Å². The van der Waals surface area contributed by atoms with E-state index in [4.69, 9.17) is 4.74 Å². The van der Waals surface area contributed by atoms with Gasteiger partial charge in [-0.15, -0.1) is 11.3 Å². The van der Waals surface area contributed by atoms with Crippen LogP contribution in [-0.4, -0.2) is 50.2 Å². The fourth-order valence-corrected chi connectivity index (χ4v) is 3.67. The number of H-pyrrole nitrogens is 1. The van der Waals surface area contributed by atoms with Gasteiger partial charge in [0.25, 0.3) is 5.56 Å². The molecule has 108 valence electrons. The molecular weight excluding hydrogens is 284 g/mol. The topological polar surface area (TPSA) is 116 Å². The first-order chi connectivity index (χ1) is 9.49. The van der Waals surface area contributed by atoms with Gasteiger partial charge in [-0.1, -0.05) is 0 Å². The zero-order valence-corrected chi connectivity index (χ0v) is 11.4.